The molecule has 1 fully saturated rings. The van der Waals surface area contributed by atoms with Gasteiger partial charge in [-0.05, 0) is 45.4 Å². The molecule has 2 aromatic carbocycles. The summed E-state index contributed by atoms with van der Waals surface area (Å²) in [6.45, 7) is 7.45. The van der Waals surface area contributed by atoms with Gasteiger partial charge in [0.25, 0.3) is 0 Å². The van der Waals surface area contributed by atoms with Gasteiger partial charge in [0, 0.05) is 28.5 Å². The highest BCUT2D eigenvalue weighted by molar-refractivity contribution is 6.13. The first-order valence-corrected chi connectivity index (χ1v) is 9.53. The van der Waals surface area contributed by atoms with Crippen molar-refractivity contribution in [3.63, 3.8) is 0 Å². The molecule has 2 heterocycles. The van der Waals surface area contributed by atoms with E-state index in [-0.39, 0.29) is 17.5 Å². The highest BCUT2D eigenvalue weighted by Gasteiger charge is 2.47. The van der Waals surface area contributed by atoms with Crippen molar-refractivity contribution in [3.8, 4) is 11.5 Å². The van der Waals surface area contributed by atoms with Gasteiger partial charge >= 0.3 is 0 Å². The Labute approximate surface area is 163 Å². The van der Waals surface area contributed by atoms with Gasteiger partial charge in [-0.1, -0.05) is 6.07 Å². The molecule has 1 aliphatic heterocycles. The Kier molecular flexibility index (Phi) is 4.34. The largest absolute Gasteiger partial charge is 0.504 e. The van der Waals surface area contributed by atoms with Crippen molar-refractivity contribution in [2.75, 3.05) is 7.11 Å². The summed E-state index contributed by atoms with van der Waals surface area (Å²) in [5.41, 5.74) is 3.60. The molecule has 3 unspecified atom stereocenters. The van der Waals surface area contributed by atoms with Crippen LogP contribution in [0.5, 0.6) is 11.5 Å². The summed E-state index contributed by atoms with van der Waals surface area (Å²) >= 11 is 0. The van der Waals surface area contributed by atoms with E-state index in [9.17, 15) is 15.3 Å². The number of aliphatic hydroxyl groups is 2. The lowest BCUT2D eigenvalue weighted by Crippen LogP contribution is -2.16. The van der Waals surface area contributed by atoms with Gasteiger partial charge in [-0.25, -0.2) is 0 Å². The maximum absolute atomic E-state index is 10.9. The molecule has 6 heteroatoms. The molecule has 0 bridgehead atoms. The first kappa shape index (κ1) is 19.1. The number of hydrogen-bond acceptors (Lipinski definition) is 5. The number of ether oxygens (including phenoxy) is 2. The zero-order chi connectivity index (χ0) is 20.4. The highest BCUT2D eigenvalue weighted by atomic mass is 16.6. The smallest absolute Gasteiger partial charge is 0.168 e. The minimum Gasteiger partial charge on any atom is -0.504 e. The van der Waals surface area contributed by atoms with Crippen LogP contribution >= 0.6 is 0 Å². The summed E-state index contributed by atoms with van der Waals surface area (Å²) in [5, 5.41) is 33.0. The zero-order valence-corrected chi connectivity index (χ0v) is 16.8. The van der Waals surface area contributed by atoms with Crippen LogP contribution in [0.25, 0.3) is 21.8 Å². The van der Waals surface area contributed by atoms with Gasteiger partial charge in [-0.2, -0.15) is 0 Å². The van der Waals surface area contributed by atoms with E-state index in [1.807, 2.05) is 18.2 Å². The maximum atomic E-state index is 10.9. The van der Waals surface area contributed by atoms with Gasteiger partial charge in [0.2, 0.25) is 0 Å². The molecule has 1 aliphatic rings. The van der Waals surface area contributed by atoms with Crippen LogP contribution in [-0.4, -0.2) is 45.2 Å². The van der Waals surface area contributed by atoms with Gasteiger partial charge in [-0.3, -0.25) is 0 Å². The van der Waals surface area contributed by atoms with E-state index in [0.29, 0.717) is 27.8 Å². The molecular weight excluding hydrogens is 358 g/mol. The topological polar surface area (TPSA) is 98.2 Å². The third kappa shape index (κ3) is 2.83. The van der Waals surface area contributed by atoms with Crippen molar-refractivity contribution in [3.05, 3.63) is 34.9 Å². The molecule has 28 heavy (non-hydrogen) atoms. The number of rotatable bonds is 5. The number of fused-ring (bicyclic) bond motifs is 3. The highest BCUT2D eigenvalue weighted by Crippen LogP contribution is 2.46. The Balaban J connectivity index is 1.96. The molecule has 150 valence electrons. The second-order valence-corrected chi connectivity index (χ2v) is 8.27. The second kappa shape index (κ2) is 6.37. The predicted octanol–water partition coefficient (Wildman–Crippen LogP) is 3.48. The summed E-state index contributed by atoms with van der Waals surface area (Å²) in [6, 6.07) is 6.06. The van der Waals surface area contributed by atoms with Crippen LogP contribution in [0.15, 0.2) is 18.2 Å². The number of benzene rings is 2. The molecular formula is C22H27NO5. The number of aromatic nitrogens is 1. The van der Waals surface area contributed by atoms with E-state index < -0.39 is 12.2 Å². The number of phenolic OH excluding ortho intramolecular Hbond substituents is 1. The molecule has 1 aromatic heterocycles. The minimum atomic E-state index is -1.11. The number of aromatic hydroxyl groups is 1. The summed E-state index contributed by atoms with van der Waals surface area (Å²) in [4.78, 5) is 3.31. The molecule has 0 saturated carbocycles. The molecule has 1 saturated heterocycles. The van der Waals surface area contributed by atoms with E-state index in [1.54, 1.807) is 6.92 Å². The Morgan fingerprint density at radius 2 is 1.96 bits per heavy atom. The fraction of sp³-hybridized carbons (Fsp3) is 0.455. The van der Waals surface area contributed by atoms with Crippen molar-refractivity contribution >= 4 is 21.8 Å². The van der Waals surface area contributed by atoms with E-state index in [4.69, 9.17) is 9.47 Å². The summed E-state index contributed by atoms with van der Waals surface area (Å²) < 4.78 is 11.1. The average Bonchev–Trinajstić information content (AvgIpc) is 3.05. The lowest BCUT2D eigenvalue weighted by atomic mass is 9.94. The molecule has 4 N–H and O–H groups in total. The average molecular weight is 385 g/mol. The minimum absolute atomic E-state index is 0.0305. The molecule has 0 spiro atoms. The molecule has 0 radical (unpaired) electrons. The van der Waals surface area contributed by atoms with Crippen molar-refractivity contribution < 1.29 is 24.8 Å². The molecule has 4 rings (SSSR count). The van der Waals surface area contributed by atoms with E-state index in [2.05, 4.69) is 18.8 Å². The Morgan fingerprint density at radius 1 is 1.29 bits per heavy atom. The van der Waals surface area contributed by atoms with Crippen LogP contribution < -0.4 is 4.74 Å². The van der Waals surface area contributed by atoms with Crippen LogP contribution in [0, 0.1) is 6.92 Å². The Morgan fingerprint density at radius 3 is 2.54 bits per heavy atom. The Bertz CT molecular complexity index is 1070. The number of epoxide rings is 1. The molecule has 3 aromatic rings. The van der Waals surface area contributed by atoms with Gasteiger partial charge in [0.05, 0.1) is 35.8 Å². The summed E-state index contributed by atoms with van der Waals surface area (Å²) in [7, 11) is 1.49. The normalized spacial score (nSPS) is 20.5. The van der Waals surface area contributed by atoms with E-state index in [0.717, 1.165) is 22.9 Å². The quantitative estimate of drug-likeness (QED) is 0.504. The zero-order valence-electron chi connectivity index (χ0n) is 16.8. The van der Waals surface area contributed by atoms with E-state index >= 15 is 0 Å². The SMILES string of the molecule is COc1c(C)c(C(O)C(C)O)c2[nH]c3ccc(CC4OC4(C)C)cc3c2c1O. The fourth-order valence-electron chi connectivity index (χ4n) is 4.11. The molecule has 6 nitrogen and oxygen atoms in total. The number of hydrogen-bond donors (Lipinski definition) is 4. The third-order valence-corrected chi connectivity index (χ3v) is 5.87. The fourth-order valence-corrected chi connectivity index (χ4v) is 4.11. The van der Waals surface area contributed by atoms with Crippen molar-refractivity contribution in [2.45, 2.75) is 58.0 Å². The number of H-pyrrole nitrogens is 1. The molecule has 0 aliphatic carbocycles. The number of aliphatic hydroxyl groups excluding tert-OH is 2. The third-order valence-electron chi connectivity index (χ3n) is 5.87. The first-order chi connectivity index (χ1) is 13.2. The predicted molar refractivity (Wildman–Crippen MR) is 108 cm³/mol. The van der Waals surface area contributed by atoms with Crippen LogP contribution in [-0.2, 0) is 11.2 Å². The van der Waals surface area contributed by atoms with Crippen LogP contribution in [0.2, 0.25) is 0 Å². The Hall–Kier alpha value is -2.28. The monoisotopic (exact) mass is 385 g/mol. The van der Waals surface area contributed by atoms with Crippen LogP contribution in [0.1, 0.15) is 43.6 Å². The summed E-state index contributed by atoms with van der Waals surface area (Å²) in [5.74, 6) is 0.336. The second-order valence-electron chi connectivity index (χ2n) is 8.27. The van der Waals surface area contributed by atoms with Gasteiger partial charge in [-0.15, -0.1) is 0 Å². The number of phenols is 1. The molecule has 0 amide bonds. The van der Waals surface area contributed by atoms with Crippen molar-refractivity contribution in [1.82, 2.24) is 4.98 Å². The number of nitrogens with one attached hydrogen (secondary N) is 1. The van der Waals surface area contributed by atoms with Crippen molar-refractivity contribution in [2.24, 2.45) is 0 Å². The summed E-state index contributed by atoms with van der Waals surface area (Å²) in [6.07, 6.45) is -1.09. The van der Waals surface area contributed by atoms with Gasteiger partial charge in [0.15, 0.2) is 11.5 Å². The van der Waals surface area contributed by atoms with Crippen LogP contribution in [0.3, 0.4) is 0 Å². The number of methoxy groups -OCH3 is 1. The standard InChI is InChI=1S/C22H27NO5/c1-10-16(19(25)11(2)24)18-17(20(26)21(10)27-5)13-8-12(6-7-14(13)23-18)9-15-22(3,4)28-15/h6-8,11,15,19,23-26H,9H2,1-5H3. The maximum Gasteiger partial charge on any atom is 0.168 e. The van der Waals surface area contributed by atoms with Crippen molar-refractivity contribution in [1.29, 1.82) is 0 Å². The van der Waals surface area contributed by atoms with Crippen LogP contribution in [0.4, 0.5) is 0 Å². The molecule has 3 atom stereocenters. The van der Waals surface area contributed by atoms with Gasteiger partial charge in [0.1, 0.15) is 6.10 Å². The van der Waals surface area contributed by atoms with E-state index in [1.165, 1.54) is 14.0 Å². The first-order valence-electron chi connectivity index (χ1n) is 9.53. The lowest BCUT2D eigenvalue weighted by Gasteiger charge is -2.20. The van der Waals surface area contributed by atoms with Gasteiger partial charge < -0.3 is 29.8 Å². The number of aromatic amines is 1. The lowest BCUT2D eigenvalue weighted by molar-refractivity contribution is 0.0308.